The van der Waals surface area contributed by atoms with E-state index in [9.17, 15) is 18.0 Å². The molecule has 0 saturated carbocycles. The van der Waals surface area contributed by atoms with Gasteiger partial charge < -0.3 is 19.9 Å². The first kappa shape index (κ1) is 34.0. The average Bonchev–Trinajstić information content (AvgIpc) is 3.51. The number of fused-ring (bicyclic) bond motifs is 1. The molecule has 0 aliphatic carbocycles. The lowest BCUT2D eigenvalue weighted by molar-refractivity contribution is -0.119. The van der Waals surface area contributed by atoms with Crippen molar-refractivity contribution in [2.75, 3.05) is 34.4 Å². The van der Waals surface area contributed by atoms with E-state index in [1.807, 2.05) is 47.4 Å². The molecule has 0 radical (unpaired) electrons. The van der Waals surface area contributed by atoms with Crippen LogP contribution in [0.2, 0.25) is 0 Å². The second kappa shape index (κ2) is 14.3. The molecule has 3 atom stereocenters. The van der Waals surface area contributed by atoms with Gasteiger partial charge in [0.25, 0.3) is 5.91 Å². The predicted octanol–water partition coefficient (Wildman–Crippen LogP) is 5.88. The summed E-state index contributed by atoms with van der Waals surface area (Å²) in [6, 6.07) is 27.0. The molecular formula is C37H44N4O5S2. The summed E-state index contributed by atoms with van der Waals surface area (Å²) in [6.45, 7) is 7.25. The molecule has 3 aromatic carbocycles. The molecule has 0 spiro atoms. The van der Waals surface area contributed by atoms with Gasteiger partial charge in [0, 0.05) is 36.1 Å². The van der Waals surface area contributed by atoms with Gasteiger partial charge >= 0.3 is 6.09 Å². The molecule has 0 unspecified atom stereocenters. The van der Waals surface area contributed by atoms with Crippen LogP contribution in [-0.2, 0) is 32.2 Å². The zero-order chi connectivity index (χ0) is 33.9. The molecule has 0 aromatic heterocycles. The molecule has 2 amide bonds. The molecular weight excluding hydrogens is 645 g/mol. The third-order valence-electron chi connectivity index (χ3n) is 9.02. The van der Waals surface area contributed by atoms with Crippen molar-refractivity contribution in [2.24, 2.45) is 10.9 Å². The fraction of sp³-hybridized carbons (Fsp3) is 0.432. The van der Waals surface area contributed by atoms with Gasteiger partial charge in [-0.2, -0.15) is 4.99 Å². The van der Waals surface area contributed by atoms with Crippen LogP contribution < -0.4 is 15.1 Å². The standard InChI is InChI=1S/C37H44N4O5S2/c1-37(2,3)46-36(43)38-31(23-27-12-8-5-9-13-27)34(42)39-35-41(32-24-48(44,45)25-33(32)47-35)30-16-14-29(15-17-30)40-20-18-28(19-21-40)22-26-10-6-4-7-11-26/h4-17,28,31-33H,18-25H2,1-3H3,(H,38,43)/t31-,32-,33-/m1/s1. The van der Waals surface area contributed by atoms with E-state index in [1.54, 1.807) is 20.8 Å². The lowest BCUT2D eigenvalue weighted by atomic mass is 9.90. The van der Waals surface area contributed by atoms with Crippen molar-refractivity contribution in [3.05, 3.63) is 96.1 Å². The van der Waals surface area contributed by atoms with Crippen LogP contribution in [0.15, 0.2) is 89.9 Å². The summed E-state index contributed by atoms with van der Waals surface area (Å²) in [6.07, 6.45) is 2.89. The Balaban J connectivity index is 1.20. The van der Waals surface area contributed by atoms with Crippen LogP contribution in [0.5, 0.6) is 0 Å². The van der Waals surface area contributed by atoms with Crippen molar-refractivity contribution in [3.63, 3.8) is 0 Å². The van der Waals surface area contributed by atoms with E-state index in [2.05, 4.69) is 57.7 Å². The smallest absolute Gasteiger partial charge is 0.408 e. The molecule has 6 rings (SSSR count). The van der Waals surface area contributed by atoms with Gasteiger partial charge in [0.15, 0.2) is 15.0 Å². The lowest BCUT2D eigenvalue weighted by Crippen LogP contribution is -2.45. The second-order valence-electron chi connectivity index (χ2n) is 13.9. The Morgan fingerprint density at radius 2 is 1.50 bits per heavy atom. The number of carbonyl (C=O) groups is 2. The second-order valence-corrected chi connectivity index (χ2v) is 17.3. The summed E-state index contributed by atoms with van der Waals surface area (Å²) in [5.74, 6) is 0.178. The van der Waals surface area contributed by atoms with Gasteiger partial charge in [-0.15, -0.1) is 0 Å². The molecule has 3 saturated heterocycles. The minimum atomic E-state index is -3.23. The summed E-state index contributed by atoms with van der Waals surface area (Å²) < 4.78 is 30.8. The van der Waals surface area contributed by atoms with E-state index in [-0.39, 0.29) is 29.2 Å². The number of piperidine rings is 1. The van der Waals surface area contributed by atoms with Gasteiger partial charge in [-0.25, -0.2) is 13.2 Å². The van der Waals surface area contributed by atoms with Crippen molar-refractivity contribution in [2.45, 2.75) is 69.4 Å². The Morgan fingerprint density at radius 1 is 0.896 bits per heavy atom. The Kier molecular flexibility index (Phi) is 10.2. The molecule has 9 nitrogen and oxygen atoms in total. The van der Waals surface area contributed by atoms with Crippen LogP contribution in [0.25, 0.3) is 0 Å². The number of hydrogen-bond donors (Lipinski definition) is 1. The van der Waals surface area contributed by atoms with Gasteiger partial charge in [-0.3, -0.25) is 4.79 Å². The van der Waals surface area contributed by atoms with E-state index in [0.29, 0.717) is 11.1 Å². The highest BCUT2D eigenvalue weighted by atomic mass is 32.2. The van der Waals surface area contributed by atoms with Crippen molar-refractivity contribution in [1.29, 1.82) is 0 Å². The molecule has 3 aliphatic heterocycles. The first-order valence-electron chi connectivity index (χ1n) is 16.6. The van der Waals surface area contributed by atoms with E-state index < -0.39 is 33.5 Å². The predicted molar refractivity (Wildman–Crippen MR) is 194 cm³/mol. The van der Waals surface area contributed by atoms with E-state index >= 15 is 0 Å². The number of rotatable bonds is 8. The number of amidine groups is 1. The maximum Gasteiger partial charge on any atom is 0.408 e. The van der Waals surface area contributed by atoms with Crippen LogP contribution in [0.1, 0.15) is 44.7 Å². The lowest BCUT2D eigenvalue weighted by Gasteiger charge is -2.34. The van der Waals surface area contributed by atoms with Crippen LogP contribution in [0.4, 0.5) is 16.2 Å². The number of benzene rings is 3. The van der Waals surface area contributed by atoms with Crippen LogP contribution in [0, 0.1) is 5.92 Å². The van der Waals surface area contributed by atoms with Gasteiger partial charge in [0.2, 0.25) is 0 Å². The highest BCUT2D eigenvalue weighted by Crippen LogP contribution is 2.41. The summed E-state index contributed by atoms with van der Waals surface area (Å²) >= 11 is 1.32. The number of ether oxygens (including phenoxy) is 1. The number of nitrogens with one attached hydrogen (secondary N) is 1. The Morgan fingerprint density at radius 3 is 2.12 bits per heavy atom. The van der Waals surface area contributed by atoms with E-state index in [0.717, 1.165) is 49.3 Å². The molecule has 3 aliphatic rings. The zero-order valence-electron chi connectivity index (χ0n) is 27.7. The zero-order valence-corrected chi connectivity index (χ0v) is 29.4. The number of amides is 2. The summed E-state index contributed by atoms with van der Waals surface area (Å²) in [4.78, 5) is 35.4. The van der Waals surface area contributed by atoms with Crippen molar-refractivity contribution in [3.8, 4) is 0 Å². The fourth-order valence-electron chi connectivity index (χ4n) is 6.71. The monoisotopic (exact) mass is 688 g/mol. The minimum absolute atomic E-state index is 0.00183. The number of sulfone groups is 1. The summed E-state index contributed by atoms with van der Waals surface area (Å²) in [5.41, 5.74) is 3.44. The molecule has 3 heterocycles. The minimum Gasteiger partial charge on any atom is -0.444 e. The SMILES string of the molecule is CC(C)(C)OC(=O)N[C@H](Cc1ccccc1)C(=O)N=C1S[C@@H]2CS(=O)(=O)C[C@H]2N1c1ccc(N2CCC(Cc3ccccc3)CC2)cc1. The largest absolute Gasteiger partial charge is 0.444 e. The quantitative estimate of drug-likeness (QED) is 0.313. The Hall–Kier alpha value is -3.83. The highest BCUT2D eigenvalue weighted by molar-refractivity contribution is 8.16. The maximum atomic E-state index is 13.8. The van der Waals surface area contributed by atoms with Crippen LogP contribution in [-0.4, -0.2) is 73.1 Å². The van der Waals surface area contributed by atoms with Gasteiger partial charge in [-0.05, 0) is 81.3 Å². The van der Waals surface area contributed by atoms with Crippen molar-refractivity contribution < 1.29 is 22.7 Å². The number of hydrogen-bond acceptors (Lipinski definition) is 7. The summed E-state index contributed by atoms with van der Waals surface area (Å²) in [5, 5.41) is 2.94. The number of thioether (sulfide) groups is 1. The molecule has 48 heavy (non-hydrogen) atoms. The number of alkyl carbamates (subject to hydrolysis) is 1. The molecule has 254 valence electrons. The number of aliphatic imine (C=N–C) groups is 1. The Labute approximate surface area is 288 Å². The van der Waals surface area contributed by atoms with E-state index in [4.69, 9.17) is 4.74 Å². The van der Waals surface area contributed by atoms with E-state index in [1.165, 1.54) is 17.3 Å². The van der Waals surface area contributed by atoms with Crippen LogP contribution >= 0.6 is 11.8 Å². The number of anilines is 2. The summed E-state index contributed by atoms with van der Waals surface area (Å²) in [7, 11) is -3.23. The van der Waals surface area contributed by atoms with Crippen LogP contribution in [0.3, 0.4) is 0 Å². The van der Waals surface area contributed by atoms with Crippen molar-refractivity contribution >= 4 is 50.1 Å². The molecule has 3 fully saturated rings. The first-order valence-corrected chi connectivity index (χ1v) is 19.3. The topological polar surface area (TPSA) is 108 Å². The number of nitrogens with zero attached hydrogens (tertiary/aromatic N) is 3. The molecule has 0 bridgehead atoms. The number of carbonyl (C=O) groups excluding carboxylic acids is 2. The van der Waals surface area contributed by atoms with Crippen molar-refractivity contribution in [1.82, 2.24) is 5.32 Å². The third kappa shape index (κ3) is 8.60. The van der Waals surface area contributed by atoms with Gasteiger partial charge in [-0.1, -0.05) is 72.4 Å². The third-order valence-corrected chi connectivity index (χ3v) is 12.2. The maximum absolute atomic E-state index is 13.8. The first-order chi connectivity index (χ1) is 22.9. The van der Waals surface area contributed by atoms with Gasteiger partial charge in [0.1, 0.15) is 11.6 Å². The molecule has 3 aromatic rings. The fourth-order valence-corrected chi connectivity index (χ4v) is 10.6. The highest BCUT2D eigenvalue weighted by Gasteiger charge is 2.49. The van der Waals surface area contributed by atoms with Gasteiger partial charge in [0.05, 0.1) is 17.5 Å². The average molecular weight is 689 g/mol. The molecule has 11 heteroatoms. The molecule has 1 N–H and O–H groups in total. The normalized spacial score (nSPS) is 22.4. The Bertz CT molecular complexity index is 1720.